The van der Waals surface area contributed by atoms with E-state index in [4.69, 9.17) is 4.74 Å². The molecule has 148 valence electrons. The topological polar surface area (TPSA) is 81.7 Å². The molecule has 0 bridgehead atoms. The molecule has 0 aliphatic heterocycles. The Kier molecular flexibility index (Phi) is 7.26. The van der Waals surface area contributed by atoms with Crippen LogP contribution >= 0.6 is 0 Å². The van der Waals surface area contributed by atoms with E-state index in [0.29, 0.717) is 11.1 Å². The highest BCUT2D eigenvalue weighted by Gasteiger charge is 2.26. The van der Waals surface area contributed by atoms with Gasteiger partial charge in [0.25, 0.3) is 5.91 Å². The summed E-state index contributed by atoms with van der Waals surface area (Å²) in [5, 5.41) is 2.62. The molecule has 7 heteroatoms. The second-order valence-corrected chi connectivity index (χ2v) is 6.50. The zero-order valence-electron chi connectivity index (χ0n) is 15.9. The molecular formula is C21H22FNO5. The van der Waals surface area contributed by atoms with Crippen LogP contribution in [-0.2, 0) is 20.9 Å². The van der Waals surface area contributed by atoms with Crippen molar-refractivity contribution in [3.63, 3.8) is 0 Å². The fourth-order valence-electron chi connectivity index (χ4n) is 2.42. The number of rotatable bonds is 7. The molecule has 0 aliphatic carbocycles. The first-order valence-electron chi connectivity index (χ1n) is 8.72. The van der Waals surface area contributed by atoms with Crippen molar-refractivity contribution in [3.8, 4) is 0 Å². The monoisotopic (exact) mass is 387 g/mol. The molecule has 0 fully saturated rings. The van der Waals surface area contributed by atoms with E-state index in [9.17, 15) is 18.8 Å². The van der Waals surface area contributed by atoms with Crippen LogP contribution in [0.3, 0.4) is 0 Å². The lowest BCUT2D eigenvalue weighted by Gasteiger charge is -2.21. The van der Waals surface area contributed by atoms with Crippen molar-refractivity contribution < 1.29 is 28.2 Å². The van der Waals surface area contributed by atoms with E-state index in [1.54, 1.807) is 38.1 Å². The van der Waals surface area contributed by atoms with Gasteiger partial charge in [-0.2, -0.15) is 0 Å². The van der Waals surface area contributed by atoms with Gasteiger partial charge in [-0.05, 0) is 47.9 Å². The lowest BCUT2D eigenvalue weighted by atomic mass is 10.0. The number of carbonyl (C=O) groups excluding carboxylic acids is 3. The number of ether oxygens (including phenoxy) is 2. The zero-order valence-corrected chi connectivity index (χ0v) is 15.9. The number of benzene rings is 2. The average molecular weight is 387 g/mol. The smallest absolute Gasteiger partial charge is 0.337 e. The first-order chi connectivity index (χ1) is 13.3. The molecule has 1 N–H and O–H groups in total. The van der Waals surface area contributed by atoms with Crippen LogP contribution in [0.1, 0.15) is 40.1 Å². The summed E-state index contributed by atoms with van der Waals surface area (Å²) in [6.45, 7) is 3.56. The minimum absolute atomic E-state index is 0.00404. The molecule has 2 aromatic rings. The summed E-state index contributed by atoms with van der Waals surface area (Å²) in [4.78, 5) is 36.1. The van der Waals surface area contributed by atoms with Gasteiger partial charge in [0.05, 0.1) is 12.7 Å². The minimum atomic E-state index is -0.855. The number of esters is 2. The summed E-state index contributed by atoms with van der Waals surface area (Å²) in [7, 11) is 1.30. The van der Waals surface area contributed by atoms with Crippen LogP contribution in [0.15, 0.2) is 48.5 Å². The van der Waals surface area contributed by atoms with Crippen molar-refractivity contribution in [3.05, 3.63) is 71.0 Å². The third-order valence-electron chi connectivity index (χ3n) is 4.07. The van der Waals surface area contributed by atoms with Crippen LogP contribution in [0.4, 0.5) is 4.39 Å². The molecule has 0 aromatic heterocycles. The standard InChI is InChI=1S/C21H22FNO5/c1-13(2)18(23-19(24)15-8-10-17(22)11-9-15)21(26)28-12-14-4-6-16(7-5-14)20(25)27-3/h4-11,13,18H,12H2,1-3H3,(H,23,24)/t18-/m0/s1. The van der Waals surface area contributed by atoms with Crippen molar-refractivity contribution in [2.45, 2.75) is 26.5 Å². The van der Waals surface area contributed by atoms with Crippen LogP contribution in [0.25, 0.3) is 0 Å². The predicted octanol–water partition coefficient (Wildman–Crippen LogP) is 3.11. The molecular weight excluding hydrogens is 365 g/mol. The van der Waals surface area contributed by atoms with Gasteiger partial charge in [0.15, 0.2) is 0 Å². The summed E-state index contributed by atoms with van der Waals surface area (Å²) in [6.07, 6.45) is 0. The zero-order chi connectivity index (χ0) is 20.7. The van der Waals surface area contributed by atoms with Gasteiger partial charge in [0.2, 0.25) is 0 Å². The van der Waals surface area contributed by atoms with Gasteiger partial charge in [0.1, 0.15) is 18.5 Å². The molecule has 1 amide bonds. The quantitative estimate of drug-likeness (QED) is 0.739. The largest absolute Gasteiger partial charge is 0.465 e. The maximum Gasteiger partial charge on any atom is 0.337 e. The lowest BCUT2D eigenvalue weighted by Crippen LogP contribution is -2.45. The summed E-state index contributed by atoms with van der Waals surface area (Å²) in [5.74, 6) is -2.18. The van der Waals surface area contributed by atoms with E-state index in [-0.39, 0.29) is 18.1 Å². The van der Waals surface area contributed by atoms with Crippen LogP contribution in [-0.4, -0.2) is 31.0 Å². The second-order valence-electron chi connectivity index (χ2n) is 6.50. The minimum Gasteiger partial charge on any atom is -0.465 e. The average Bonchev–Trinajstić information content (AvgIpc) is 2.70. The molecule has 0 unspecified atom stereocenters. The van der Waals surface area contributed by atoms with Crippen molar-refractivity contribution in [1.29, 1.82) is 0 Å². The van der Waals surface area contributed by atoms with E-state index in [0.717, 1.165) is 0 Å². The molecule has 0 radical (unpaired) electrons. The number of methoxy groups -OCH3 is 1. The van der Waals surface area contributed by atoms with E-state index in [1.807, 2.05) is 0 Å². The van der Waals surface area contributed by atoms with Crippen molar-refractivity contribution >= 4 is 17.8 Å². The van der Waals surface area contributed by atoms with Crippen LogP contribution < -0.4 is 5.32 Å². The van der Waals surface area contributed by atoms with Gasteiger partial charge in [0, 0.05) is 5.56 Å². The fraction of sp³-hybridized carbons (Fsp3) is 0.286. The molecule has 2 rings (SSSR count). The van der Waals surface area contributed by atoms with E-state index >= 15 is 0 Å². The summed E-state index contributed by atoms with van der Waals surface area (Å²) in [5.41, 5.74) is 1.33. The number of hydrogen-bond acceptors (Lipinski definition) is 5. The number of nitrogens with one attached hydrogen (secondary N) is 1. The molecule has 0 heterocycles. The molecule has 0 saturated carbocycles. The first-order valence-corrected chi connectivity index (χ1v) is 8.72. The summed E-state index contributed by atoms with van der Waals surface area (Å²) in [6, 6.07) is 10.6. The normalized spacial score (nSPS) is 11.6. The fourth-order valence-corrected chi connectivity index (χ4v) is 2.42. The maximum absolute atomic E-state index is 13.0. The third kappa shape index (κ3) is 5.64. The van der Waals surface area contributed by atoms with Gasteiger partial charge < -0.3 is 14.8 Å². The highest BCUT2D eigenvalue weighted by Crippen LogP contribution is 2.11. The van der Waals surface area contributed by atoms with Gasteiger partial charge in [-0.15, -0.1) is 0 Å². The Morgan fingerprint density at radius 3 is 2.07 bits per heavy atom. The van der Waals surface area contributed by atoms with Crippen LogP contribution in [0.2, 0.25) is 0 Å². The Balaban J connectivity index is 1.97. The molecule has 1 atom stereocenters. The van der Waals surface area contributed by atoms with Gasteiger partial charge in [-0.1, -0.05) is 26.0 Å². The van der Waals surface area contributed by atoms with Gasteiger partial charge >= 0.3 is 11.9 Å². The van der Waals surface area contributed by atoms with Crippen molar-refractivity contribution in [1.82, 2.24) is 5.32 Å². The van der Waals surface area contributed by atoms with E-state index in [2.05, 4.69) is 10.1 Å². The first kappa shape index (κ1) is 21.1. The Morgan fingerprint density at radius 1 is 0.964 bits per heavy atom. The number of halogens is 1. The van der Waals surface area contributed by atoms with Crippen LogP contribution in [0.5, 0.6) is 0 Å². The predicted molar refractivity (Wildman–Crippen MR) is 100 cm³/mol. The van der Waals surface area contributed by atoms with E-state index in [1.165, 1.54) is 31.4 Å². The Morgan fingerprint density at radius 2 is 1.54 bits per heavy atom. The maximum atomic E-state index is 13.0. The summed E-state index contributed by atoms with van der Waals surface area (Å²) < 4.78 is 22.9. The third-order valence-corrected chi connectivity index (χ3v) is 4.07. The van der Waals surface area contributed by atoms with Crippen LogP contribution in [0, 0.1) is 11.7 Å². The molecule has 28 heavy (non-hydrogen) atoms. The van der Waals surface area contributed by atoms with E-state index < -0.39 is 29.7 Å². The number of hydrogen-bond donors (Lipinski definition) is 1. The second kappa shape index (κ2) is 9.64. The number of carbonyl (C=O) groups is 3. The molecule has 6 nitrogen and oxygen atoms in total. The Labute approximate surface area is 162 Å². The van der Waals surface area contributed by atoms with Gasteiger partial charge in [-0.25, -0.2) is 14.0 Å². The van der Waals surface area contributed by atoms with Crippen molar-refractivity contribution in [2.75, 3.05) is 7.11 Å². The Hall–Kier alpha value is -3.22. The number of amides is 1. The SMILES string of the molecule is COC(=O)c1ccc(COC(=O)[C@@H](NC(=O)c2ccc(F)cc2)C(C)C)cc1. The molecule has 0 saturated heterocycles. The molecule has 2 aromatic carbocycles. The Bertz CT molecular complexity index is 831. The lowest BCUT2D eigenvalue weighted by molar-refractivity contribution is -0.148. The molecule has 0 spiro atoms. The van der Waals surface area contributed by atoms with Gasteiger partial charge in [-0.3, -0.25) is 4.79 Å². The van der Waals surface area contributed by atoms with Crippen molar-refractivity contribution in [2.24, 2.45) is 5.92 Å². The summed E-state index contributed by atoms with van der Waals surface area (Å²) >= 11 is 0. The highest BCUT2D eigenvalue weighted by molar-refractivity contribution is 5.96. The molecule has 0 aliphatic rings. The highest BCUT2D eigenvalue weighted by atomic mass is 19.1.